The molecule has 3 rings (SSSR count). The molecule has 1 aliphatic rings. The van der Waals surface area contributed by atoms with E-state index >= 15 is 0 Å². The second-order valence-electron chi connectivity index (χ2n) is 7.87. The first kappa shape index (κ1) is 26.3. The summed E-state index contributed by atoms with van der Waals surface area (Å²) in [6.45, 7) is 6.88. The zero-order valence-electron chi connectivity index (χ0n) is 19.5. The van der Waals surface area contributed by atoms with Crippen LogP contribution in [0.25, 0.3) is 0 Å². The van der Waals surface area contributed by atoms with E-state index in [2.05, 4.69) is 52.8 Å². The van der Waals surface area contributed by atoms with Gasteiger partial charge in [0.05, 0.1) is 14.2 Å². The van der Waals surface area contributed by atoms with Crippen molar-refractivity contribution in [2.45, 2.75) is 38.8 Å². The Bertz CT molecular complexity index is 824. The minimum absolute atomic E-state index is 0. The number of benzene rings is 2. The van der Waals surface area contributed by atoms with Gasteiger partial charge in [-0.05, 0) is 55.5 Å². The molecular weight excluding hydrogens is 515 g/mol. The van der Waals surface area contributed by atoms with Gasteiger partial charge in [0.25, 0.3) is 0 Å². The smallest absolute Gasteiger partial charge is 0.191 e. The molecule has 1 fully saturated rings. The molecule has 0 atom stereocenters. The van der Waals surface area contributed by atoms with Crippen LogP contribution in [0.1, 0.15) is 30.9 Å². The van der Waals surface area contributed by atoms with E-state index in [0.717, 1.165) is 68.5 Å². The highest BCUT2D eigenvalue weighted by Gasteiger charge is 2.20. The van der Waals surface area contributed by atoms with Gasteiger partial charge in [0.2, 0.25) is 0 Å². The molecule has 0 amide bonds. The van der Waals surface area contributed by atoms with Crippen LogP contribution in [0.5, 0.6) is 11.5 Å². The van der Waals surface area contributed by atoms with Crippen molar-refractivity contribution in [2.75, 3.05) is 40.4 Å². The first-order chi connectivity index (χ1) is 15.2. The molecule has 1 saturated heterocycles. The molecule has 176 valence electrons. The first-order valence-electron chi connectivity index (χ1n) is 11.2. The molecule has 2 aromatic carbocycles. The normalized spacial score (nSPS) is 15.0. The fourth-order valence-corrected chi connectivity index (χ4v) is 3.96. The van der Waals surface area contributed by atoms with E-state index < -0.39 is 0 Å². The number of aliphatic imine (C=N–C) groups is 1. The van der Waals surface area contributed by atoms with Crippen LogP contribution < -0.4 is 20.1 Å². The van der Waals surface area contributed by atoms with Gasteiger partial charge in [0, 0.05) is 38.8 Å². The number of methoxy groups -OCH3 is 2. The maximum absolute atomic E-state index is 5.48. The maximum Gasteiger partial charge on any atom is 0.191 e. The minimum Gasteiger partial charge on any atom is -0.497 e. The van der Waals surface area contributed by atoms with Gasteiger partial charge in [-0.25, -0.2) is 0 Å². The third-order valence-electron chi connectivity index (χ3n) is 5.66. The lowest BCUT2D eigenvalue weighted by atomic mass is 10.0. The maximum atomic E-state index is 5.48. The molecule has 2 N–H and O–H groups in total. The molecule has 0 bridgehead atoms. The van der Waals surface area contributed by atoms with Crippen LogP contribution in [0.4, 0.5) is 0 Å². The zero-order chi connectivity index (χ0) is 21.9. The lowest BCUT2D eigenvalue weighted by Gasteiger charge is -2.33. The highest BCUT2D eigenvalue weighted by molar-refractivity contribution is 14.0. The van der Waals surface area contributed by atoms with Crippen LogP contribution in [-0.4, -0.2) is 57.3 Å². The highest BCUT2D eigenvalue weighted by Crippen LogP contribution is 2.24. The summed E-state index contributed by atoms with van der Waals surface area (Å²) < 4.78 is 10.8. The van der Waals surface area contributed by atoms with Crippen molar-refractivity contribution in [3.05, 3.63) is 59.7 Å². The molecule has 1 aliphatic heterocycles. The summed E-state index contributed by atoms with van der Waals surface area (Å²) in [5, 5.41) is 7.02. The van der Waals surface area contributed by atoms with Crippen LogP contribution in [0.15, 0.2) is 53.5 Å². The predicted octanol–water partition coefficient (Wildman–Crippen LogP) is 4.08. The van der Waals surface area contributed by atoms with Crippen LogP contribution in [0, 0.1) is 0 Å². The van der Waals surface area contributed by atoms with E-state index in [0.29, 0.717) is 12.6 Å². The number of guanidine groups is 1. The molecule has 0 saturated carbocycles. The van der Waals surface area contributed by atoms with Crippen LogP contribution in [-0.2, 0) is 13.0 Å². The molecule has 0 radical (unpaired) electrons. The first-order valence-corrected chi connectivity index (χ1v) is 11.2. The average Bonchev–Trinajstić information content (AvgIpc) is 2.81. The number of likely N-dealkylation sites (tertiary alicyclic amines) is 1. The summed E-state index contributed by atoms with van der Waals surface area (Å²) >= 11 is 0. The van der Waals surface area contributed by atoms with E-state index in [1.165, 1.54) is 5.56 Å². The topological polar surface area (TPSA) is 58.1 Å². The standard InChI is InChI=1S/C25H36N4O2.HI/c1-4-26-25(27-15-12-21-18-23(30-2)10-11-24(21)31-3)28-22-13-16-29(17-14-22)19-20-8-6-5-7-9-20;/h5-11,18,22H,4,12-17,19H2,1-3H3,(H2,26,27,28);1H. The molecule has 2 aromatic rings. The van der Waals surface area contributed by atoms with Crippen LogP contribution in [0.2, 0.25) is 0 Å². The van der Waals surface area contributed by atoms with Gasteiger partial charge in [-0.1, -0.05) is 30.3 Å². The van der Waals surface area contributed by atoms with Crippen molar-refractivity contribution in [3.63, 3.8) is 0 Å². The molecule has 0 unspecified atom stereocenters. The summed E-state index contributed by atoms with van der Waals surface area (Å²) in [5.41, 5.74) is 2.49. The fourth-order valence-electron chi connectivity index (χ4n) is 3.96. The number of rotatable bonds is 9. The second kappa shape index (κ2) is 14.2. The summed E-state index contributed by atoms with van der Waals surface area (Å²) in [5.74, 6) is 2.61. The van der Waals surface area contributed by atoms with Crippen molar-refractivity contribution in [1.82, 2.24) is 15.5 Å². The van der Waals surface area contributed by atoms with E-state index in [-0.39, 0.29) is 24.0 Å². The van der Waals surface area contributed by atoms with Crippen molar-refractivity contribution >= 4 is 29.9 Å². The summed E-state index contributed by atoms with van der Waals surface area (Å²) in [6, 6.07) is 17.1. The Kier molecular flexibility index (Phi) is 11.7. The molecule has 6 nitrogen and oxygen atoms in total. The van der Waals surface area contributed by atoms with Crippen molar-refractivity contribution in [1.29, 1.82) is 0 Å². The lowest BCUT2D eigenvalue weighted by molar-refractivity contribution is 0.198. The quantitative estimate of drug-likeness (QED) is 0.279. The van der Waals surface area contributed by atoms with Gasteiger partial charge >= 0.3 is 0 Å². The van der Waals surface area contributed by atoms with E-state index in [1.807, 2.05) is 18.2 Å². The van der Waals surface area contributed by atoms with Gasteiger partial charge in [-0.15, -0.1) is 24.0 Å². The molecule has 0 aliphatic carbocycles. The summed E-state index contributed by atoms with van der Waals surface area (Å²) in [4.78, 5) is 7.34. The molecule has 32 heavy (non-hydrogen) atoms. The van der Waals surface area contributed by atoms with Gasteiger partial charge < -0.3 is 20.1 Å². The summed E-state index contributed by atoms with van der Waals surface area (Å²) in [7, 11) is 3.38. The number of nitrogens with one attached hydrogen (secondary N) is 2. The molecule has 7 heteroatoms. The van der Waals surface area contributed by atoms with Gasteiger partial charge in [-0.2, -0.15) is 0 Å². The van der Waals surface area contributed by atoms with Gasteiger partial charge in [0.1, 0.15) is 11.5 Å². The fraction of sp³-hybridized carbons (Fsp3) is 0.480. The zero-order valence-corrected chi connectivity index (χ0v) is 21.8. The second-order valence-corrected chi connectivity index (χ2v) is 7.87. The number of ether oxygens (including phenoxy) is 2. The SMILES string of the molecule is CCNC(=NCCc1cc(OC)ccc1OC)NC1CCN(Cc2ccccc2)CC1.I. The van der Waals surface area contributed by atoms with E-state index in [9.17, 15) is 0 Å². The number of hydrogen-bond donors (Lipinski definition) is 2. The Labute approximate surface area is 209 Å². The van der Waals surface area contributed by atoms with Crippen molar-refractivity contribution in [3.8, 4) is 11.5 Å². The predicted molar refractivity (Wildman–Crippen MR) is 143 cm³/mol. The number of hydrogen-bond acceptors (Lipinski definition) is 4. The minimum atomic E-state index is 0. The van der Waals surface area contributed by atoms with Crippen molar-refractivity contribution < 1.29 is 9.47 Å². The number of nitrogens with zero attached hydrogens (tertiary/aromatic N) is 2. The number of piperidine rings is 1. The van der Waals surface area contributed by atoms with Gasteiger partial charge in [-0.3, -0.25) is 9.89 Å². The third-order valence-corrected chi connectivity index (χ3v) is 5.66. The van der Waals surface area contributed by atoms with Gasteiger partial charge in [0.15, 0.2) is 5.96 Å². The van der Waals surface area contributed by atoms with E-state index in [4.69, 9.17) is 14.5 Å². The molecule has 0 aromatic heterocycles. The monoisotopic (exact) mass is 552 g/mol. The average molecular weight is 553 g/mol. The Morgan fingerprint density at radius 3 is 2.47 bits per heavy atom. The van der Waals surface area contributed by atoms with E-state index in [1.54, 1.807) is 14.2 Å². The molecular formula is C25H37IN4O2. The van der Waals surface area contributed by atoms with Crippen LogP contribution in [0.3, 0.4) is 0 Å². The third kappa shape index (κ3) is 8.16. The number of halogens is 1. The lowest BCUT2D eigenvalue weighted by Crippen LogP contribution is -2.48. The Hall–Kier alpha value is -2.00. The Balaban J connectivity index is 0.00000363. The van der Waals surface area contributed by atoms with Crippen LogP contribution >= 0.6 is 24.0 Å². The Morgan fingerprint density at radius 2 is 1.81 bits per heavy atom. The highest BCUT2D eigenvalue weighted by atomic mass is 127. The largest absolute Gasteiger partial charge is 0.497 e. The molecule has 0 spiro atoms. The van der Waals surface area contributed by atoms with Crippen molar-refractivity contribution in [2.24, 2.45) is 4.99 Å². The summed E-state index contributed by atoms with van der Waals surface area (Å²) in [6.07, 6.45) is 3.05. The Morgan fingerprint density at radius 1 is 1.06 bits per heavy atom. The molecule has 1 heterocycles.